The minimum absolute atomic E-state index is 0.173. The van der Waals surface area contributed by atoms with E-state index in [4.69, 9.17) is 10.8 Å². The molecule has 0 radical (unpaired) electrons. The van der Waals surface area contributed by atoms with E-state index in [-0.39, 0.29) is 5.56 Å². The van der Waals surface area contributed by atoms with Gasteiger partial charge in [0.1, 0.15) is 0 Å². The van der Waals surface area contributed by atoms with Crippen molar-refractivity contribution in [1.82, 2.24) is 10.2 Å². The standard InChI is InChI=1S/C11H12N4O2S2/c1-15(2)10-13-14-11(19-10)18-8-6(9(16)17)4-3-5-7(8)12/h3-5H,12H2,1-2H3,(H,16,17). The number of carboxylic acid groups (broad SMARTS) is 1. The van der Waals surface area contributed by atoms with Crippen LogP contribution in [0.5, 0.6) is 0 Å². The fraction of sp³-hybridized carbons (Fsp3) is 0.182. The topological polar surface area (TPSA) is 92.3 Å². The van der Waals surface area contributed by atoms with Gasteiger partial charge in [-0.15, -0.1) is 10.2 Å². The lowest BCUT2D eigenvalue weighted by molar-refractivity contribution is 0.0693. The molecule has 0 atom stereocenters. The van der Waals surface area contributed by atoms with E-state index in [9.17, 15) is 4.79 Å². The number of carbonyl (C=O) groups is 1. The molecule has 0 aliphatic heterocycles. The molecule has 0 unspecified atom stereocenters. The van der Waals surface area contributed by atoms with Gasteiger partial charge in [-0.25, -0.2) is 4.79 Å². The maximum atomic E-state index is 11.2. The Morgan fingerprint density at radius 3 is 2.74 bits per heavy atom. The number of nitrogens with zero attached hydrogens (tertiary/aromatic N) is 3. The Bertz CT molecular complexity index is 612. The van der Waals surface area contributed by atoms with Crippen LogP contribution in [0.2, 0.25) is 0 Å². The smallest absolute Gasteiger partial charge is 0.336 e. The number of rotatable bonds is 4. The summed E-state index contributed by atoms with van der Waals surface area (Å²) in [5, 5.41) is 17.9. The van der Waals surface area contributed by atoms with Crippen LogP contribution < -0.4 is 10.6 Å². The normalized spacial score (nSPS) is 10.4. The van der Waals surface area contributed by atoms with Crippen molar-refractivity contribution in [3.05, 3.63) is 23.8 Å². The van der Waals surface area contributed by atoms with Crippen LogP contribution in [0.4, 0.5) is 10.8 Å². The van der Waals surface area contributed by atoms with Crippen molar-refractivity contribution in [3.8, 4) is 0 Å². The lowest BCUT2D eigenvalue weighted by Gasteiger charge is -2.06. The Balaban J connectivity index is 2.34. The molecule has 0 fully saturated rings. The van der Waals surface area contributed by atoms with Crippen molar-refractivity contribution in [1.29, 1.82) is 0 Å². The molecule has 1 aromatic carbocycles. The molecule has 0 saturated carbocycles. The number of nitrogens with two attached hydrogens (primary N) is 1. The second kappa shape index (κ2) is 5.45. The van der Waals surface area contributed by atoms with Crippen LogP contribution in [0.15, 0.2) is 27.4 Å². The number of hydrogen-bond acceptors (Lipinski definition) is 7. The van der Waals surface area contributed by atoms with Crippen LogP contribution in [-0.2, 0) is 0 Å². The predicted octanol–water partition coefficient (Wildman–Crippen LogP) is 2.04. The van der Waals surface area contributed by atoms with Gasteiger partial charge >= 0.3 is 5.97 Å². The number of benzene rings is 1. The van der Waals surface area contributed by atoms with E-state index in [1.165, 1.54) is 29.2 Å². The molecule has 1 aromatic heterocycles. The third-order valence-corrected chi connectivity index (χ3v) is 4.55. The Morgan fingerprint density at radius 1 is 1.42 bits per heavy atom. The lowest BCUT2D eigenvalue weighted by atomic mass is 10.2. The van der Waals surface area contributed by atoms with Gasteiger partial charge in [0.2, 0.25) is 5.13 Å². The Kier molecular flexibility index (Phi) is 3.91. The molecule has 6 nitrogen and oxygen atoms in total. The van der Waals surface area contributed by atoms with Gasteiger partial charge < -0.3 is 15.7 Å². The van der Waals surface area contributed by atoms with Crippen molar-refractivity contribution in [2.75, 3.05) is 24.7 Å². The number of aromatic nitrogens is 2. The van der Waals surface area contributed by atoms with Gasteiger partial charge in [0.15, 0.2) is 4.34 Å². The zero-order valence-corrected chi connectivity index (χ0v) is 12.0. The SMILES string of the molecule is CN(C)c1nnc(Sc2c(N)cccc2C(=O)O)s1. The first kappa shape index (κ1) is 13.6. The number of aromatic carboxylic acids is 1. The molecule has 100 valence electrons. The van der Waals surface area contributed by atoms with Gasteiger partial charge in [-0.05, 0) is 12.1 Å². The Morgan fingerprint density at radius 2 is 2.16 bits per heavy atom. The van der Waals surface area contributed by atoms with Crippen LogP contribution in [0.3, 0.4) is 0 Å². The van der Waals surface area contributed by atoms with E-state index in [1.54, 1.807) is 12.1 Å². The summed E-state index contributed by atoms with van der Waals surface area (Å²) in [5.41, 5.74) is 6.43. The molecule has 0 saturated heterocycles. The van der Waals surface area contributed by atoms with E-state index in [2.05, 4.69) is 10.2 Å². The molecule has 0 bridgehead atoms. The third kappa shape index (κ3) is 2.96. The number of hydrogen-bond donors (Lipinski definition) is 2. The summed E-state index contributed by atoms with van der Waals surface area (Å²) in [5.74, 6) is -1.01. The van der Waals surface area contributed by atoms with E-state index in [0.717, 1.165) is 5.13 Å². The molecule has 8 heteroatoms. The molecule has 3 N–H and O–H groups in total. The van der Waals surface area contributed by atoms with Gasteiger partial charge in [-0.3, -0.25) is 0 Å². The van der Waals surface area contributed by atoms with Gasteiger partial charge in [-0.1, -0.05) is 29.2 Å². The van der Waals surface area contributed by atoms with E-state index in [1.807, 2.05) is 19.0 Å². The van der Waals surface area contributed by atoms with Crippen molar-refractivity contribution in [2.45, 2.75) is 9.24 Å². The van der Waals surface area contributed by atoms with Crippen LogP contribution in [0.1, 0.15) is 10.4 Å². The summed E-state index contributed by atoms with van der Waals surface area (Å²) in [6.07, 6.45) is 0. The zero-order chi connectivity index (χ0) is 14.0. The summed E-state index contributed by atoms with van der Waals surface area (Å²) >= 11 is 2.60. The van der Waals surface area contributed by atoms with Gasteiger partial charge in [0, 0.05) is 19.8 Å². The van der Waals surface area contributed by atoms with E-state index < -0.39 is 5.97 Å². The van der Waals surface area contributed by atoms with Crippen LogP contribution >= 0.6 is 23.1 Å². The van der Waals surface area contributed by atoms with Crippen molar-refractivity contribution in [3.63, 3.8) is 0 Å². The summed E-state index contributed by atoms with van der Waals surface area (Å²) in [7, 11) is 3.74. The quantitative estimate of drug-likeness (QED) is 0.834. The fourth-order valence-corrected chi connectivity index (χ4v) is 3.20. The van der Waals surface area contributed by atoms with Crippen molar-refractivity contribution < 1.29 is 9.90 Å². The van der Waals surface area contributed by atoms with E-state index in [0.29, 0.717) is 14.9 Å². The number of carboxylic acids is 1. The molecule has 1 heterocycles. The first-order valence-electron chi connectivity index (χ1n) is 5.29. The molecular formula is C11H12N4O2S2. The number of anilines is 2. The highest BCUT2D eigenvalue weighted by Crippen LogP contribution is 2.37. The largest absolute Gasteiger partial charge is 0.478 e. The van der Waals surface area contributed by atoms with Crippen LogP contribution in [-0.4, -0.2) is 35.4 Å². The lowest BCUT2D eigenvalue weighted by Crippen LogP contribution is -2.07. The second-order valence-corrected chi connectivity index (χ2v) is 6.09. The Hall–Kier alpha value is -1.80. The predicted molar refractivity (Wildman–Crippen MR) is 76.2 cm³/mol. The second-order valence-electron chi connectivity index (χ2n) is 3.88. The van der Waals surface area contributed by atoms with Crippen molar-refractivity contribution in [2.24, 2.45) is 0 Å². The highest BCUT2D eigenvalue weighted by Gasteiger charge is 2.16. The minimum atomic E-state index is -1.01. The molecular weight excluding hydrogens is 284 g/mol. The first-order valence-corrected chi connectivity index (χ1v) is 6.93. The molecule has 0 aliphatic rings. The molecule has 0 amide bonds. The average molecular weight is 296 g/mol. The molecule has 2 rings (SSSR count). The van der Waals surface area contributed by atoms with Gasteiger partial charge in [-0.2, -0.15) is 0 Å². The molecule has 19 heavy (non-hydrogen) atoms. The molecule has 0 aliphatic carbocycles. The van der Waals surface area contributed by atoms with Gasteiger partial charge in [0.25, 0.3) is 0 Å². The summed E-state index contributed by atoms with van der Waals surface area (Å²) in [6.45, 7) is 0. The third-order valence-electron chi connectivity index (χ3n) is 2.24. The summed E-state index contributed by atoms with van der Waals surface area (Å²) < 4.78 is 0.657. The monoisotopic (exact) mass is 296 g/mol. The highest BCUT2D eigenvalue weighted by atomic mass is 32.2. The van der Waals surface area contributed by atoms with Crippen LogP contribution in [0, 0.1) is 0 Å². The summed E-state index contributed by atoms with van der Waals surface area (Å²) in [6, 6.07) is 4.81. The average Bonchev–Trinajstić information content (AvgIpc) is 2.80. The Labute approximate surface area is 118 Å². The van der Waals surface area contributed by atoms with Gasteiger partial charge in [0.05, 0.1) is 10.5 Å². The first-order chi connectivity index (χ1) is 8.99. The minimum Gasteiger partial charge on any atom is -0.478 e. The molecule has 0 spiro atoms. The maximum Gasteiger partial charge on any atom is 0.336 e. The maximum absolute atomic E-state index is 11.2. The summed E-state index contributed by atoms with van der Waals surface area (Å²) in [4.78, 5) is 13.5. The van der Waals surface area contributed by atoms with E-state index >= 15 is 0 Å². The highest BCUT2D eigenvalue weighted by molar-refractivity contribution is 8.01. The van der Waals surface area contributed by atoms with Crippen LogP contribution in [0.25, 0.3) is 0 Å². The fourth-order valence-electron chi connectivity index (χ4n) is 1.35. The van der Waals surface area contributed by atoms with Crippen molar-refractivity contribution >= 4 is 39.9 Å². The number of nitrogen functional groups attached to an aromatic ring is 1. The zero-order valence-electron chi connectivity index (χ0n) is 10.3. The molecule has 2 aromatic rings.